The van der Waals surface area contributed by atoms with Gasteiger partial charge in [0.15, 0.2) is 5.78 Å². The second-order valence-electron chi connectivity index (χ2n) is 4.26. The summed E-state index contributed by atoms with van der Waals surface area (Å²) >= 11 is 0. The summed E-state index contributed by atoms with van der Waals surface area (Å²) in [6, 6.07) is 12.7. The van der Waals surface area contributed by atoms with Crippen LogP contribution < -0.4 is 9.47 Å². The molecule has 0 spiro atoms. The van der Waals surface area contributed by atoms with E-state index in [1.54, 1.807) is 38.5 Å². The number of carbonyl (C=O) groups is 1. The van der Waals surface area contributed by atoms with Crippen LogP contribution in [0.3, 0.4) is 0 Å². The number of ketones is 1. The summed E-state index contributed by atoms with van der Waals surface area (Å²) in [6.45, 7) is 1.96. The monoisotopic (exact) mass is 256 g/mol. The molecule has 2 aromatic rings. The Bertz CT molecular complexity index is 603. The minimum absolute atomic E-state index is 0.0526. The van der Waals surface area contributed by atoms with Gasteiger partial charge >= 0.3 is 0 Å². The Balaban J connectivity index is 2.44. The molecule has 0 N–H and O–H groups in total. The van der Waals surface area contributed by atoms with E-state index in [1.807, 2.05) is 25.1 Å². The van der Waals surface area contributed by atoms with Gasteiger partial charge in [0.05, 0.1) is 19.8 Å². The van der Waals surface area contributed by atoms with Gasteiger partial charge in [0.1, 0.15) is 11.5 Å². The Morgan fingerprint density at radius 2 is 1.79 bits per heavy atom. The van der Waals surface area contributed by atoms with Gasteiger partial charge in [-0.1, -0.05) is 23.8 Å². The van der Waals surface area contributed by atoms with Crippen LogP contribution in [-0.2, 0) is 0 Å². The summed E-state index contributed by atoms with van der Waals surface area (Å²) in [4.78, 5) is 12.5. The van der Waals surface area contributed by atoms with E-state index in [9.17, 15) is 4.79 Å². The van der Waals surface area contributed by atoms with Gasteiger partial charge in [-0.15, -0.1) is 0 Å². The molecule has 0 aromatic heterocycles. The number of aryl methyl sites for hydroxylation is 1. The lowest BCUT2D eigenvalue weighted by Gasteiger charge is -2.10. The summed E-state index contributed by atoms with van der Waals surface area (Å²) in [5.41, 5.74) is 2.25. The van der Waals surface area contributed by atoms with Crippen molar-refractivity contribution in [2.75, 3.05) is 14.2 Å². The largest absolute Gasteiger partial charge is 0.497 e. The average molecular weight is 256 g/mol. The Morgan fingerprint density at radius 1 is 1.00 bits per heavy atom. The first-order chi connectivity index (χ1) is 9.15. The number of benzene rings is 2. The van der Waals surface area contributed by atoms with Crippen LogP contribution in [0.25, 0.3) is 0 Å². The van der Waals surface area contributed by atoms with Gasteiger partial charge in [0.25, 0.3) is 0 Å². The lowest BCUT2D eigenvalue weighted by molar-refractivity contribution is 0.103. The van der Waals surface area contributed by atoms with Gasteiger partial charge in [-0.25, -0.2) is 0 Å². The molecular formula is C16H16O3. The number of ether oxygens (including phenoxy) is 2. The van der Waals surface area contributed by atoms with E-state index in [4.69, 9.17) is 9.47 Å². The highest BCUT2D eigenvalue weighted by atomic mass is 16.5. The third-order valence-corrected chi connectivity index (χ3v) is 2.93. The van der Waals surface area contributed by atoms with Crippen molar-refractivity contribution in [2.45, 2.75) is 6.92 Å². The highest BCUT2D eigenvalue weighted by molar-refractivity contribution is 6.10. The molecule has 19 heavy (non-hydrogen) atoms. The number of hydrogen-bond donors (Lipinski definition) is 0. The molecule has 0 heterocycles. The third kappa shape index (κ3) is 2.76. The first kappa shape index (κ1) is 13.1. The molecule has 98 valence electrons. The standard InChI is InChI=1S/C16H16O3/c1-11-5-4-6-12(9-11)16(17)14-8-7-13(18-2)10-15(14)19-3/h4-10H,1-3H3. The van der Waals surface area contributed by atoms with Crippen LogP contribution in [0.5, 0.6) is 11.5 Å². The van der Waals surface area contributed by atoms with Gasteiger partial charge in [0, 0.05) is 11.6 Å². The SMILES string of the molecule is COc1ccc(C(=O)c2cccc(C)c2)c(OC)c1. The predicted molar refractivity (Wildman–Crippen MR) is 74.2 cm³/mol. The second-order valence-corrected chi connectivity index (χ2v) is 4.26. The van der Waals surface area contributed by atoms with E-state index < -0.39 is 0 Å². The molecule has 0 atom stereocenters. The summed E-state index contributed by atoms with van der Waals surface area (Å²) in [5, 5.41) is 0. The minimum Gasteiger partial charge on any atom is -0.497 e. The van der Waals surface area contributed by atoms with Crippen molar-refractivity contribution in [1.82, 2.24) is 0 Å². The Morgan fingerprint density at radius 3 is 2.42 bits per heavy atom. The van der Waals surface area contributed by atoms with Crippen LogP contribution in [0.1, 0.15) is 21.5 Å². The van der Waals surface area contributed by atoms with E-state index in [0.717, 1.165) is 5.56 Å². The highest BCUT2D eigenvalue weighted by Crippen LogP contribution is 2.26. The maximum atomic E-state index is 12.5. The molecule has 0 unspecified atom stereocenters. The van der Waals surface area contributed by atoms with Gasteiger partial charge < -0.3 is 9.47 Å². The van der Waals surface area contributed by atoms with E-state index in [1.165, 1.54) is 0 Å². The maximum absolute atomic E-state index is 12.5. The molecule has 0 aliphatic carbocycles. The van der Waals surface area contributed by atoms with E-state index >= 15 is 0 Å². The Labute approximate surface area is 112 Å². The smallest absolute Gasteiger partial charge is 0.196 e. The van der Waals surface area contributed by atoms with Crippen LogP contribution in [0, 0.1) is 6.92 Å². The van der Waals surface area contributed by atoms with E-state index in [-0.39, 0.29) is 5.78 Å². The number of hydrogen-bond acceptors (Lipinski definition) is 3. The zero-order chi connectivity index (χ0) is 13.8. The van der Waals surface area contributed by atoms with Crippen LogP contribution in [0.15, 0.2) is 42.5 Å². The fraction of sp³-hybridized carbons (Fsp3) is 0.188. The second kappa shape index (κ2) is 5.57. The molecular weight excluding hydrogens is 240 g/mol. The van der Waals surface area contributed by atoms with Crippen LogP contribution in [-0.4, -0.2) is 20.0 Å². The molecule has 0 bridgehead atoms. The lowest BCUT2D eigenvalue weighted by Crippen LogP contribution is -2.04. The van der Waals surface area contributed by atoms with Crippen molar-refractivity contribution >= 4 is 5.78 Å². The van der Waals surface area contributed by atoms with Crippen molar-refractivity contribution < 1.29 is 14.3 Å². The molecule has 3 nitrogen and oxygen atoms in total. The van der Waals surface area contributed by atoms with E-state index in [2.05, 4.69) is 0 Å². The number of rotatable bonds is 4. The van der Waals surface area contributed by atoms with Crippen LogP contribution >= 0.6 is 0 Å². The summed E-state index contributed by atoms with van der Waals surface area (Å²) in [5.74, 6) is 1.13. The Kier molecular flexibility index (Phi) is 3.85. The molecule has 0 aliphatic rings. The number of carbonyl (C=O) groups excluding carboxylic acids is 1. The van der Waals surface area contributed by atoms with Crippen molar-refractivity contribution in [2.24, 2.45) is 0 Å². The molecule has 0 fully saturated rings. The van der Waals surface area contributed by atoms with Crippen molar-refractivity contribution in [3.63, 3.8) is 0 Å². The fourth-order valence-corrected chi connectivity index (χ4v) is 1.93. The van der Waals surface area contributed by atoms with Gasteiger partial charge in [-0.3, -0.25) is 4.79 Å². The summed E-state index contributed by atoms with van der Waals surface area (Å²) < 4.78 is 10.4. The van der Waals surface area contributed by atoms with Crippen LogP contribution in [0.2, 0.25) is 0 Å². The van der Waals surface area contributed by atoms with Gasteiger partial charge in [0.2, 0.25) is 0 Å². The van der Waals surface area contributed by atoms with Crippen molar-refractivity contribution in [3.05, 3.63) is 59.2 Å². The normalized spacial score (nSPS) is 10.1. The zero-order valence-corrected chi connectivity index (χ0v) is 11.3. The van der Waals surface area contributed by atoms with Crippen molar-refractivity contribution in [1.29, 1.82) is 0 Å². The molecule has 2 aromatic carbocycles. The first-order valence-corrected chi connectivity index (χ1v) is 5.99. The first-order valence-electron chi connectivity index (χ1n) is 5.99. The molecule has 0 aliphatic heterocycles. The average Bonchev–Trinajstić information content (AvgIpc) is 2.45. The molecule has 3 heteroatoms. The molecule has 0 radical (unpaired) electrons. The Hall–Kier alpha value is -2.29. The minimum atomic E-state index is -0.0526. The molecule has 0 saturated carbocycles. The van der Waals surface area contributed by atoms with Gasteiger partial charge in [-0.2, -0.15) is 0 Å². The van der Waals surface area contributed by atoms with Gasteiger partial charge in [-0.05, 0) is 25.1 Å². The van der Waals surface area contributed by atoms with Crippen molar-refractivity contribution in [3.8, 4) is 11.5 Å². The summed E-state index contributed by atoms with van der Waals surface area (Å²) in [7, 11) is 3.12. The maximum Gasteiger partial charge on any atom is 0.196 e. The van der Waals surface area contributed by atoms with E-state index in [0.29, 0.717) is 22.6 Å². The quantitative estimate of drug-likeness (QED) is 0.788. The molecule has 0 amide bonds. The topological polar surface area (TPSA) is 35.5 Å². The number of methoxy groups -OCH3 is 2. The summed E-state index contributed by atoms with van der Waals surface area (Å²) in [6.07, 6.45) is 0. The fourth-order valence-electron chi connectivity index (χ4n) is 1.93. The third-order valence-electron chi connectivity index (χ3n) is 2.93. The predicted octanol–water partition coefficient (Wildman–Crippen LogP) is 3.24. The molecule has 2 rings (SSSR count). The van der Waals surface area contributed by atoms with Crippen LogP contribution in [0.4, 0.5) is 0 Å². The highest BCUT2D eigenvalue weighted by Gasteiger charge is 2.15. The lowest BCUT2D eigenvalue weighted by atomic mass is 10.0. The zero-order valence-electron chi connectivity index (χ0n) is 11.3. The molecule has 0 saturated heterocycles.